The first kappa shape index (κ1) is 19.8. The lowest BCUT2D eigenvalue weighted by atomic mass is 9.96. The fraction of sp³-hybridized carbons (Fsp3) is 0.619. The summed E-state index contributed by atoms with van der Waals surface area (Å²) in [5.74, 6) is 0.141. The van der Waals surface area contributed by atoms with Crippen LogP contribution >= 0.6 is 0 Å². The lowest BCUT2D eigenvalue weighted by molar-refractivity contribution is -0.126. The second-order valence-electron chi connectivity index (χ2n) is 7.52. The minimum absolute atomic E-state index is 0.0138. The van der Waals surface area contributed by atoms with E-state index >= 15 is 0 Å². The number of amides is 2. The van der Waals surface area contributed by atoms with Crippen LogP contribution in [0.1, 0.15) is 38.2 Å². The lowest BCUT2D eigenvalue weighted by Crippen LogP contribution is -2.42. The van der Waals surface area contributed by atoms with Crippen LogP contribution < -0.4 is 10.2 Å². The fourth-order valence-corrected chi connectivity index (χ4v) is 3.79. The SMILES string of the molecule is CCC(C)c1ccccc1N1CC(C(=O)NCCN2CCOCC2)CC1=O. The molecule has 0 aliphatic carbocycles. The Morgan fingerprint density at radius 3 is 2.78 bits per heavy atom. The van der Waals surface area contributed by atoms with Crippen molar-refractivity contribution in [3.8, 4) is 0 Å². The van der Waals surface area contributed by atoms with Gasteiger partial charge in [0, 0.05) is 44.8 Å². The predicted molar refractivity (Wildman–Crippen MR) is 106 cm³/mol. The van der Waals surface area contributed by atoms with E-state index in [1.165, 1.54) is 5.56 Å². The van der Waals surface area contributed by atoms with Gasteiger partial charge in [-0.2, -0.15) is 0 Å². The smallest absolute Gasteiger partial charge is 0.227 e. The normalized spacial score (nSPS) is 22.1. The molecule has 3 rings (SSSR count). The monoisotopic (exact) mass is 373 g/mol. The average Bonchev–Trinajstić information content (AvgIpc) is 3.09. The van der Waals surface area contributed by atoms with E-state index in [1.54, 1.807) is 4.90 Å². The van der Waals surface area contributed by atoms with Gasteiger partial charge < -0.3 is 15.0 Å². The van der Waals surface area contributed by atoms with E-state index in [2.05, 4.69) is 30.1 Å². The number of carbonyl (C=O) groups is 2. The zero-order valence-electron chi connectivity index (χ0n) is 16.4. The van der Waals surface area contributed by atoms with Crippen molar-refractivity contribution in [1.29, 1.82) is 0 Å². The molecule has 2 unspecified atom stereocenters. The number of rotatable bonds is 7. The molecule has 1 aromatic carbocycles. The second-order valence-corrected chi connectivity index (χ2v) is 7.52. The van der Waals surface area contributed by atoms with Crippen LogP contribution in [-0.4, -0.2) is 62.7 Å². The number of para-hydroxylation sites is 1. The van der Waals surface area contributed by atoms with E-state index in [9.17, 15) is 9.59 Å². The third-order valence-electron chi connectivity index (χ3n) is 5.70. The molecule has 0 saturated carbocycles. The molecular formula is C21H31N3O3. The molecule has 27 heavy (non-hydrogen) atoms. The van der Waals surface area contributed by atoms with Crippen LogP contribution in [-0.2, 0) is 14.3 Å². The standard InChI is InChI=1S/C21H31N3O3/c1-3-16(2)18-6-4-5-7-19(18)24-15-17(14-20(24)25)21(26)22-8-9-23-10-12-27-13-11-23/h4-7,16-17H,3,8-15H2,1-2H3,(H,22,26). The third-order valence-corrected chi connectivity index (χ3v) is 5.70. The van der Waals surface area contributed by atoms with Crippen LogP contribution in [0.15, 0.2) is 24.3 Å². The lowest BCUT2D eigenvalue weighted by Gasteiger charge is -2.26. The number of anilines is 1. The fourth-order valence-electron chi connectivity index (χ4n) is 3.79. The van der Waals surface area contributed by atoms with Gasteiger partial charge in [0.25, 0.3) is 0 Å². The highest BCUT2D eigenvalue weighted by molar-refractivity contribution is 6.00. The Hall–Kier alpha value is -1.92. The third kappa shape index (κ3) is 4.87. The Kier molecular flexibility index (Phi) is 6.85. The Labute approximate surface area is 161 Å². The highest BCUT2D eigenvalue weighted by Gasteiger charge is 2.36. The van der Waals surface area contributed by atoms with Crippen molar-refractivity contribution in [3.05, 3.63) is 29.8 Å². The van der Waals surface area contributed by atoms with Crippen molar-refractivity contribution in [2.45, 2.75) is 32.6 Å². The minimum Gasteiger partial charge on any atom is -0.379 e. The molecule has 6 nitrogen and oxygen atoms in total. The number of ether oxygens (including phenoxy) is 1. The average molecular weight is 373 g/mol. The Morgan fingerprint density at radius 2 is 2.04 bits per heavy atom. The number of benzene rings is 1. The highest BCUT2D eigenvalue weighted by atomic mass is 16.5. The van der Waals surface area contributed by atoms with E-state index in [0.717, 1.165) is 45.0 Å². The van der Waals surface area contributed by atoms with Gasteiger partial charge in [0.2, 0.25) is 11.8 Å². The van der Waals surface area contributed by atoms with Crippen LogP contribution in [0.3, 0.4) is 0 Å². The molecule has 2 aliphatic rings. The largest absolute Gasteiger partial charge is 0.379 e. The van der Waals surface area contributed by atoms with Crippen LogP contribution in [0, 0.1) is 5.92 Å². The first-order chi connectivity index (χ1) is 13.1. The molecule has 2 saturated heterocycles. The molecule has 2 aliphatic heterocycles. The van der Waals surface area contributed by atoms with E-state index in [-0.39, 0.29) is 24.2 Å². The molecule has 0 aromatic heterocycles. The van der Waals surface area contributed by atoms with Crippen LogP contribution in [0.5, 0.6) is 0 Å². The van der Waals surface area contributed by atoms with E-state index in [1.807, 2.05) is 18.2 Å². The summed E-state index contributed by atoms with van der Waals surface area (Å²) in [6, 6.07) is 8.07. The maximum atomic E-state index is 12.6. The second kappa shape index (κ2) is 9.33. The number of hydrogen-bond acceptors (Lipinski definition) is 4. The van der Waals surface area contributed by atoms with Crippen LogP contribution in [0.25, 0.3) is 0 Å². The number of nitrogens with one attached hydrogen (secondary N) is 1. The van der Waals surface area contributed by atoms with Crippen molar-refractivity contribution in [3.63, 3.8) is 0 Å². The van der Waals surface area contributed by atoms with Crippen molar-refractivity contribution in [2.24, 2.45) is 5.92 Å². The van der Waals surface area contributed by atoms with Gasteiger partial charge in [-0.3, -0.25) is 14.5 Å². The van der Waals surface area contributed by atoms with Gasteiger partial charge in [0.1, 0.15) is 0 Å². The number of carbonyl (C=O) groups excluding carboxylic acids is 2. The quantitative estimate of drug-likeness (QED) is 0.794. The molecule has 0 radical (unpaired) electrons. The Morgan fingerprint density at radius 1 is 1.30 bits per heavy atom. The summed E-state index contributed by atoms with van der Waals surface area (Å²) in [4.78, 5) is 29.2. The molecule has 1 N–H and O–H groups in total. The van der Waals surface area contributed by atoms with Gasteiger partial charge in [-0.25, -0.2) is 0 Å². The first-order valence-corrected chi connectivity index (χ1v) is 10.1. The maximum Gasteiger partial charge on any atom is 0.227 e. The van der Waals surface area contributed by atoms with Gasteiger partial charge in [-0.15, -0.1) is 0 Å². The number of nitrogens with zero attached hydrogens (tertiary/aromatic N) is 2. The van der Waals surface area contributed by atoms with Crippen molar-refractivity contribution < 1.29 is 14.3 Å². The molecule has 2 amide bonds. The highest BCUT2D eigenvalue weighted by Crippen LogP contribution is 2.33. The molecule has 2 heterocycles. The van der Waals surface area contributed by atoms with E-state index in [0.29, 0.717) is 19.0 Å². The first-order valence-electron chi connectivity index (χ1n) is 10.1. The molecule has 2 fully saturated rings. The van der Waals surface area contributed by atoms with Gasteiger partial charge in [-0.1, -0.05) is 32.0 Å². The minimum atomic E-state index is -0.271. The molecule has 6 heteroatoms. The molecular weight excluding hydrogens is 342 g/mol. The summed E-state index contributed by atoms with van der Waals surface area (Å²) in [5.41, 5.74) is 2.14. The molecule has 0 spiro atoms. The predicted octanol–water partition coefficient (Wildman–Crippen LogP) is 2.00. The summed E-state index contributed by atoms with van der Waals surface area (Å²) in [6.45, 7) is 9.59. The molecule has 148 valence electrons. The van der Waals surface area contributed by atoms with E-state index in [4.69, 9.17) is 4.74 Å². The zero-order valence-corrected chi connectivity index (χ0v) is 16.4. The van der Waals surface area contributed by atoms with Crippen molar-refractivity contribution in [2.75, 3.05) is 50.8 Å². The van der Waals surface area contributed by atoms with Gasteiger partial charge >= 0.3 is 0 Å². The molecule has 0 bridgehead atoms. The topological polar surface area (TPSA) is 61.9 Å². The number of morpholine rings is 1. The Bertz CT molecular complexity index is 658. The van der Waals surface area contributed by atoms with Crippen molar-refractivity contribution >= 4 is 17.5 Å². The molecule has 1 aromatic rings. The number of hydrogen-bond donors (Lipinski definition) is 1. The van der Waals surface area contributed by atoms with Crippen LogP contribution in [0.4, 0.5) is 5.69 Å². The van der Waals surface area contributed by atoms with Gasteiger partial charge in [0.05, 0.1) is 19.1 Å². The van der Waals surface area contributed by atoms with Gasteiger partial charge in [0.15, 0.2) is 0 Å². The summed E-state index contributed by atoms with van der Waals surface area (Å²) >= 11 is 0. The van der Waals surface area contributed by atoms with Crippen LogP contribution in [0.2, 0.25) is 0 Å². The molecule has 2 atom stereocenters. The summed E-state index contributed by atoms with van der Waals surface area (Å²) < 4.78 is 5.34. The van der Waals surface area contributed by atoms with Gasteiger partial charge in [-0.05, 0) is 24.0 Å². The summed E-state index contributed by atoms with van der Waals surface area (Å²) in [5, 5.41) is 3.01. The van der Waals surface area contributed by atoms with E-state index < -0.39 is 0 Å². The van der Waals surface area contributed by atoms with Crippen molar-refractivity contribution in [1.82, 2.24) is 10.2 Å². The zero-order chi connectivity index (χ0) is 19.2. The summed E-state index contributed by atoms with van der Waals surface area (Å²) in [7, 11) is 0. The maximum absolute atomic E-state index is 12.6. The Balaban J connectivity index is 1.56. The summed E-state index contributed by atoms with van der Waals surface area (Å²) in [6.07, 6.45) is 1.31.